The number of hydrogen-bond acceptors (Lipinski definition) is 6. The summed E-state index contributed by atoms with van der Waals surface area (Å²) < 4.78 is 40.1. The lowest BCUT2D eigenvalue weighted by Crippen LogP contribution is -2.53. The van der Waals surface area contributed by atoms with E-state index in [1.807, 2.05) is 32.0 Å². The van der Waals surface area contributed by atoms with Gasteiger partial charge in [0.15, 0.2) is 0 Å². The van der Waals surface area contributed by atoms with Crippen LogP contribution < -0.4 is 9.46 Å². The van der Waals surface area contributed by atoms with Gasteiger partial charge in [-0.25, -0.2) is 13.4 Å². The molecule has 0 saturated heterocycles. The highest BCUT2D eigenvalue weighted by Gasteiger charge is 2.46. The zero-order chi connectivity index (χ0) is 25.4. The number of carbonyl (C=O) groups is 1. The first kappa shape index (κ1) is 25.7. The quantitative estimate of drug-likeness (QED) is 0.400. The molecule has 1 aromatic heterocycles. The molecule has 10 heteroatoms. The van der Waals surface area contributed by atoms with E-state index in [2.05, 4.69) is 9.71 Å². The molecule has 1 saturated carbocycles. The maximum Gasteiger partial charge on any atom is 0.327 e. The summed E-state index contributed by atoms with van der Waals surface area (Å²) in [5.74, 6) is -0.0790. The molecular weight excluding hydrogens is 511 g/mol. The monoisotopic (exact) mass is 536 g/mol. The maximum absolute atomic E-state index is 13.3. The minimum atomic E-state index is -4.17. The van der Waals surface area contributed by atoms with Crippen molar-refractivity contribution in [3.63, 3.8) is 0 Å². The van der Waals surface area contributed by atoms with E-state index >= 15 is 0 Å². The first-order valence-electron chi connectivity index (χ1n) is 11.2. The lowest BCUT2D eigenvalue weighted by Gasteiger charge is -2.27. The summed E-state index contributed by atoms with van der Waals surface area (Å²) in [6.07, 6.45) is 2.13. The third-order valence-electron chi connectivity index (χ3n) is 6.31. The summed E-state index contributed by atoms with van der Waals surface area (Å²) in [7, 11) is -2.92. The summed E-state index contributed by atoms with van der Waals surface area (Å²) in [6.45, 7) is 3.84. The normalized spacial score (nSPS) is 15.3. The van der Waals surface area contributed by atoms with Crippen LogP contribution in [0.15, 0.2) is 41.3 Å². The van der Waals surface area contributed by atoms with Crippen molar-refractivity contribution in [2.24, 2.45) is 0 Å². The van der Waals surface area contributed by atoms with Crippen LogP contribution in [0.25, 0.3) is 10.9 Å². The van der Waals surface area contributed by atoms with Gasteiger partial charge in [0.05, 0.1) is 12.1 Å². The molecule has 0 spiro atoms. The fourth-order valence-electron chi connectivity index (χ4n) is 4.57. The predicted octanol–water partition coefficient (Wildman–Crippen LogP) is 5.50. The van der Waals surface area contributed by atoms with Crippen molar-refractivity contribution in [2.75, 3.05) is 7.11 Å². The second-order valence-electron chi connectivity index (χ2n) is 8.75. The van der Waals surface area contributed by atoms with E-state index in [1.54, 1.807) is 6.07 Å². The first-order valence-corrected chi connectivity index (χ1v) is 13.4. The standard InChI is InChI=1S/C25H26Cl2N2O5S/c1-15-13-16(2)28-23-17(15)7-6-8-20(23)34-14-18-19(26)9-10-21(22(18)27)35(31,32)29-25(24(30)33-3)11-4-5-12-25/h6-10,13,29H,4-5,11-12,14H2,1-3H3. The number of benzene rings is 2. The number of ether oxygens (including phenoxy) is 2. The van der Waals surface area contributed by atoms with Gasteiger partial charge >= 0.3 is 5.97 Å². The van der Waals surface area contributed by atoms with Gasteiger partial charge in [-0.3, -0.25) is 4.79 Å². The van der Waals surface area contributed by atoms with Crippen molar-refractivity contribution < 1.29 is 22.7 Å². The van der Waals surface area contributed by atoms with Crippen LogP contribution in [-0.4, -0.2) is 32.0 Å². The van der Waals surface area contributed by atoms with Crippen LogP contribution in [0.1, 0.15) is 42.5 Å². The molecule has 7 nitrogen and oxygen atoms in total. The average molecular weight is 537 g/mol. The SMILES string of the molecule is COC(=O)C1(NS(=O)(=O)c2ccc(Cl)c(COc3cccc4c(C)cc(C)nc34)c2Cl)CCCC1. The number of nitrogens with one attached hydrogen (secondary N) is 1. The first-order chi connectivity index (χ1) is 16.6. The highest BCUT2D eigenvalue weighted by atomic mass is 35.5. The summed E-state index contributed by atoms with van der Waals surface area (Å²) in [4.78, 5) is 16.9. The Morgan fingerprint density at radius 3 is 2.54 bits per heavy atom. The van der Waals surface area contributed by atoms with Crippen LogP contribution in [0.5, 0.6) is 5.75 Å². The molecule has 35 heavy (non-hydrogen) atoms. The number of methoxy groups -OCH3 is 1. The maximum atomic E-state index is 13.3. The van der Waals surface area contributed by atoms with Gasteiger partial charge in [0, 0.05) is 21.7 Å². The number of nitrogens with zero attached hydrogens (tertiary/aromatic N) is 1. The third kappa shape index (κ3) is 4.98. The van der Waals surface area contributed by atoms with Crippen molar-refractivity contribution in [1.29, 1.82) is 0 Å². The van der Waals surface area contributed by atoms with Gasteiger partial charge in [-0.05, 0) is 56.5 Å². The van der Waals surface area contributed by atoms with E-state index < -0.39 is 21.5 Å². The number of hydrogen-bond donors (Lipinski definition) is 1. The Morgan fingerprint density at radius 2 is 1.86 bits per heavy atom. The van der Waals surface area contributed by atoms with Crippen LogP contribution in [-0.2, 0) is 26.2 Å². The molecule has 0 unspecified atom stereocenters. The number of rotatable bonds is 7. The highest BCUT2D eigenvalue weighted by molar-refractivity contribution is 7.89. The molecule has 186 valence electrons. The zero-order valence-electron chi connectivity index (χ0n) is 19.7. The number of sulfonamides is 1. The zero-order valence-corrected chi connectivity index (χ0v) is 22.0. The van der Waals surface area contributed by atoms with E-state index in [4.69, 9.17) is 32.7 Å². The third-order valence-corrected chi connectivity index (χ3v) is 8.79. The molecule has 0 atom stereocenters. The molecule has 4 rings (SSSR count). The van der Waals surface area contributed by atoms with Gasteiger partial charge in [-0.15, -0.1) is 0 Å². The Kier molecular flexibility index (Phi) is 7.29. The lowest BCUT2D eigenvalue weighted by atomic mass is 10.00. The van der Waals surface area contributed by atoms with Gasteiger partial charge in [0.1, 0.15) is 28.3 Å². The van der Waals surface area contributed by atoms with Gasteiger partial charge in [0.25, 0.3) is 0 Å². The number of fused-ring (bicyclic) bond motifs is 1. The summed E-state index contributed by atoms with van der Waals surface area (Å²) >= 11 is 13.0. The Bertz CT molecular complexity index is 1400. The molecule has 1 fully saturated rings. The van der Waals surface area contributed by atoms with E-state index in [0.29, 0.717) is 42.5 Å². The van der Waals surface area contributed by atoms with Crippen molar-refractivity contribution in [3.8, 4) is 5.75 Å². The van der Waals surface area contributed by atoms with Crippen molar-refractivity contribution in [1.82, 2.24) is 9.71 Å². The molecule has 1 N–H and O–H groups in total. The van der Waals surface area contributed by atoms with Crippen molar-refractivity contribution >= 4 is 50.1 Å². The highest BCUT2D eigenvalue weighted by Crippen LogP contribution is 2.36. The minimum absolute atomic E-state index is 0.0661. The molecule has 3 aromatic rings. The smallest absolute Gasteiger partial charge is 0.327 e. The van der Waals surface area contributed by atoms with Crippen molar-refractivity contribution in [2.45, 2.75) is 56.6 Å². The van der Waals surface area contributed by atoms with Crippen LogP contribution >= 0.6 is 23.2 Å². The Hall–Kier alpha value is -2.39. The van der Waals surface area contributed by atoms with Gasteiger partial charge < -0.3 is 9.47 Å². The number of aromatic nitrogens is 1. The predicted molar refractivity (Wildman–Crippen MR) is 136 cm³/mol. The fourth-order valence-corrected chi connectivity index (χ4v) is 6.87. The molecule has 0 amide bonds. The second-order valence-corrected chi connectivity index (χ2v) is 11.2. The molecule has 1 aliphatic rings. The number of pyridine rings is 1. The van der Waals surface area contributed by atoms with E-state index in [9.17, 15) is 13.2 Å². The van der Waals surface area contributed by atoms with E-state index in [0.717, 1.165) is 16.6 Å². The lowest BCUT2D eigenvalue weighted by molar-refractivity contribution is -0.147. The Balaban J connectivity index is 1.66. The van der Waals surface area contributed by atoms with Gasteiger partial charge in [-0.2, -0.15) is 4.72 Å². The van der Waals surface area contributed by atoms with Crippen LogP contribution in [0, 0.1) is 13.8 Å². The molecule has 1 heterocycles. The Morgan fingerprint density at radius 1 is 1.14 bits per heavy atom. The number of para-hydroxylation sites is 1. The number of halogens is 2. The summed E-state index contributed by atoms with van der Waals surface area (Å²) in [6, 6.07) is 10.4. The van der Waals surface area contributed by atoms with Gasteiger partial charge in [0.2, 0.25) is 10.0 Å². The minimum Gasteiger partial charge on any atom is -0.487 e. The van der Waals surface area contributed by atoms with Crippen LogP contribution in [0.4, 0.5) is 0 Å². The summed E-state index contributed by atoms with van der Waals surface area (Å²) in [5, 5.41) is 1.15. The van der Waals surface area contributed by atoms with Crippen LogP contribution in [0.3, 0.4) is 0 Å². The molecule has 0 bridgehead atoms. The average Bonchev–Trinajstić information content (AvgIpc) is 3.27. The van der Waals surface area contributed by atoms with E-state index in [1.165, 1.54) is 19.2 Å². The number of aryl methyl sites for hydroxylation is 2. The molecule has 2 aromatic carbocycles. The van der Waals surface area contributed by atoms with E-state index in [-0.39, 0.29) is 21.5 Å². The Labute approximate surface area is 214 Å². The second kappa shape index (κ2) is 9.93. The molecule has 0 aliphatic heterocycles. The fraction of sp³-hybridized carbons (Fsp3) is 0.360. The topological polar surface area (TPSA) is 94.6 Å². The molecular formula is C25H26Cl2N2O5S. The molecule has 0 radical (unpaired) electrons. The van der Waals surface area contributed by atoms with Crippen LogP contribution in [0.2, 0.25) is 10.0 Å². The summed E-state index contributed by atoms with van der Waals surface area (Å²) in [5.41, 5.74) is 1.63. The van der Waals surface area contributed by atoms with Crippen molar-refractivity contribution in [3.05, 3.63) is 63.3 Å². The number of carbonyl (C=O) groups excluding carboxylic acids is 1. The van der Waals surface area contributed by atoms with Gasteiger partial charge in [-0.1, -0.05) is 48.2 Å². The largest absolute Gasteiger partial charge is 0.487 e. The number of esters is 1. The molecule has 1 aliphatic carbocycles.